The molecule has 4 heteroatoms. The fourth-order valence-electron chi connectivity index (χ4n) is 3.74. The highest BCUT2D eigenvalue weighted by Gasteiger charge is 2.16. The number of carbonyl (C=O) groups is 1. The van der Waals surface area contributed by atoms with Crippen LogP contribution in [0, 0.1) is 0 Å². The Labute approximate surface area is 174 Å². The van der Waals surface area contributed by atoms with E-state index < -0.39 is 6.10 Å². The van der Waals surface area contributed by atoms with Gasteiger partial charge in [-0.15, -0.1) is 0 Å². The third-order valence-corrected chi connectivity index (χ3v) is 5.36. The second kappa shape index (κ2) is 10.9. The van der Waals surface area contributed by atoms with Crippen LogP contribution in [0.5, 0.6) is 11.5 Å². The lowest BCUT2D eigenvalue weighted by Gasteiger charge is -2.19. The Hall–Kier alpha value is -2.49. The largest absolute Gasteiger partial charge is 0.493 e. The van der Waals surface area contributed by atoms with Crippen molar-refractivity contribution < 1.29 is 14.3 Å². The minimum Gasteiger partial charge on any atom is -0.493 e. The standard InChI is InChI=1S/C25H33NO3/c1-3-17-28-24-13-7-6-10-21(24)12-8-16-26-25(27)19(2)29-23-15-14-20-9-4-5-11-22(20)18-23/h6-7,10,13-15,18-19H,3-5,8-9,11-12,16-17H2,1-2H3,(H,26,27). The summed E-state index contributed by atoms with van der Waals surface area (Å²) >= 11 is 0. The molecule has 0 saturated heterocycles. The average molecular weight is 396 g/mol. The lowest BCUT2D eigenvalue weighted by molar-refractivity contribution is -0.127. The van der Waals surface area contributed by atoms with E-state index in [9.17, 15) is 4.79 Å². The minimum absolute atomic E-state index is 0.0711. The summed E-state index contributed by atoms with van der Waals surface area (Å²) in [6, 6.07) is 14.4. The average Bonchev–Trinajstić information content (AvgIpc) is 2.75. The minimum atomic E-state index is -0.503. The van der Waals surface area contributed by atoms with Crippen LogP contribution in [0.2, 0.25) is 0 Å². The van der Waals surface area contributed by atoms with Crippen LogP contribution in [0.3, 0.4) is 0 Å². The summed E-state index contributed by atoms with van der Waals surface area (Å²) in [5.74, 6) is 1.67. The molecule has 0 bridgehead atoms. The number of amides is 1. The topological polar surface area (TPSA) is 47.6 Å². The van der Waals surface area contributed by atoms with Crippen LogP contribution in [0.25, 0.3) is 0 Å². The molecule has 2 aromatic carbocycles. The van der Waals surface area contributed by atoms with Crippen LogP contribution in [0.1, 0.15) is 56.2 Å². The van der Waals surface area contributed by atoms with Crippen LogP contribution in [-0.2, 0) is 24.1 Å². The molecule has 29 heavy (non-hydrogen) atoms. The molecule has 1 aliphatic rings. The van der Waals surface area contributed by atoms with Crippen molar-refractivity contribution >= 4 is 5.91 Å². The Balaban J connectivity index is 1.43. The number of aryl methyl sites for hydroxylation is 3. The number of fused-ring (bicyclic) bond motifs is 1. The molecule has 1 N–H and O–H groups in total. The quantitative estimate of drug-likeness (QED) is 0.584. The smallest absolute Gasteiger partial charge is 0.260 e. The van der Waals surface area contributed by atoms with E-state index in [1.165, 1.54) is 29.5 Å². The molecule has 0 heterocycles. The highest BCUT2D eigenvalue weighted by atomic mass is 16.5. The molecule has 0 radical (unpaired) electrons. The fourth-order valence-corrected chi connectivity index (χ4v) is 3.74. The van der Waals surface area contributed by atoms with Gasteiger partial charge < -0.3 is 14.8 Å². The summed E-state index contributed by atoms with van der Waals surface area (Å²) in [5, 5.41) is 2.99. The molecule has 1 amide bonds. The lowest BCUT2D eigenvalue weighted by Crippen LogP contribution is -2.37. The molecule has 1 aliphatic carbocycles. The second-order valence-electron chi connectivity index (χ2n) is 7.75. The Morgan fingerprint density at radius 3 is 2.72 bits per heavy atom. The van der Waals surface area contributed by atoms with Gasteiger partial charge in [-0.1, -0.05) is 31.2 Å². The predicted molar refractivity (Wildman–Crippen MR) is 117 cm³/mol. The van der Waals surface area contributed by atoms with Crippen LogP contribution in [0.15, 0.2) is 42.5 Å². The van der Waals surface area contributed by atoms with Crippen LogP contribution < -0.4 is 14.8 Å². The SMILES string of the molecule is CCCOc1ccccc1CCCNC(=O)C(C)Oc1ccc2c(c1)CCCC2. The van der Waals surface area contributed by atoms with Crippen molar-refractivity contribution in [2.75, 3.05) is 13.2 Å². The number of ether oxygens (including phenoxy) is 2. The summed E-state index contributed by atoms with van der Waals surface area (Å²) in [6.45, 7) is 5.26. The number of carbonyl (C=O) groups excluding carboxylic acids is 1. The van der Waals surface area contributed by atoms with Crippen molar-refractivity contribution in [2.24, 2.45) is 0 Å². The molecule has 1 unspecified atom stereocenters. The van der Waals surface area contributed by atoms with Crippen molar-refractivity contribution in [3.8, 4) is 11.5 Å². The maximum atomic E-state index is 12.4. The molecule has 156 valence electrons. The highest BCUT2D eigenvalue weighted by molar-refractivity contribution is 5.80. The van der Waals surface area contributed by atoms with Crippen LogP contribution in [0.4, 0.5) is 0 Å². The molecule has 0 aromatic heterocycles. The molecule has 3 rings (SSSR count). The summed E-state index contributed by atoms with van der Waals surface area (Å²) in [4.78, 5) is 12.4. The monoisotopic (exact) mass is 395 g/mol. The molecular weight excluding hydrogens is 362 g/mol. The Morgan fingerprint density at radius 2 is 1.90 bits per heavy atom. The van der Waals surface area contributed by atoms with Gasteiger partial charge in [0.1, 0.15) is 11.5 Å². The molecular formula is C25H33NO3. The normalized spacial score (nSPS) is 14.0. The molecule has 2 aromatic rings. The Morgan fingerprint density at radius 1 is 1.10 bits per heavy atom. The van der Waals surface area contributed by atoms with Crippen molar-refractivity contribution in [2.45, 2.75) is 64.9 Å². The zero-order chi connectivity index (χ0) is 20.5. The fraction of sp³-hybridized carbons (Fsp3) is 0.480. The van der Waals surface area contributed by atoms with Gasteiger partial charge in [-0.3, -0.25) is 4.79 Å². The van der Waals surface area contributed by atoms with Gasteiger partial charge in [0.25, 0.3) is 5.91 Å². The number of benzene rings is 2. The van der Waals surface area contributed by atoms with Crippen LogP contribution >= 0.6 is 0 Å². The molecule has 0 spiro atoms. The highest BCUT2D eigenvalue weighted by Crippen LogP contribution is 2.26. The maximum absolute atomic E-state index is 12.4. The molecule has 0 saturated carbocycles. The summed E-state index contributed by atoms with van der Waals surface area (Å²) in [7, 11) is 0. The zero-order valence-electron chi connectivity index (χ0n) is 17.7. The predicted octanol–water partition coefficient (Wildman–Crippen LogP) is 4.87. The third kappa shape index (κ3) is 6.25. The van der Waals surface area contributed by atoms with Gasteiger partial charge in [0.15, 0.2) is 6.10 Å². The van der Waals surface area contributed by atoms with Crippen molar-refractivity contribution in [3.63, 3.8) is 0 Å². The van der Waals surface area contributed by atoms with Crippen molar-refractivity contribution in [1.82, 2.24) is 5.32 Å². The van der Waals surface area contributed by atoms with Crippen molar-refractivity contribution in [3.05, 3.63) is 59.2 Å². The van der Waals surface area contributed by atoms with Gasteiger partial charge in [0.2, 0.25) is 0 Å². The van der Waals surface area contributed by atoms with E-state index in [4.69, 9.17) is 9.47 Å². The number of para-hydroxylation sites is 1. The Bertz CT molecular complexity index is 802. The van der Waals surface area contributed by atoms with E-state index >= 15 is 0 Å². The second-order valence-corrected chi connectivity index (χ2v) is 7.75. The lowest BCUT2D eigenvalue weighted by atomic mass is 9.92. The first-order chi connectivity index (χ1) is 14.2. The molecule has 1 atom stereocenters. The molecule has 0 aliphatic heterocycles. The van der Waals surface area contributed by atoms with E-state index in [0.717, 1.165) is 50.2 Å². The first-order valence-corrected chi connectivity index (χ1v) is 10.9. The van der Waals surface area contributed by atoms with E-state index in [-0.39, 0.29) is 5.91 Å². The third-order valence-electron chi connectivity index (χ3n) is 5.36. The van der Waals surface area contributed by atoms with E-state index in [2.05, 4.69) is 30.4 Å². The van der Waals surface area contributed by atoms with E-state index in [0.29, 0.717) is 6.54 Å². The van der Waals surface area contributed by atoms with Gasteiger partial charge in [0, 0.05) is 6.54 Å². The summed E-state index contributed by atoms with van der Waals surface area (Å²) in [6.07, 6.45) is 6.99. The number of rotatable bonds is 10. The summed E-state index contributed by atoms with van der Waals surface area (Å²) < 4.78 is 11.7. The number of hydrogen-bond donors (Lipinski definition) is 1. The van der Waals surface area contributed by atoms with Crippen LogP contribution in [-0.4, -0.2) is 25.2 Å². The number of hydrogen-bond acceptors (Lipinski definition) is 3. The zero-order valence-corrected chi connectivity index (χ0v) is 17.7. The Kier molecular flexibility index (Phi) is 7.97. The van der Waals surface area contributed by atoms with Gasteiger partial charge in [0.05, 0.1) is 6.61 Å². The van der Waals surface area contributed by atoms with Gasteiger partial charge >= 0.3 is 0 Å². The number of nitrogens with one attached hydrogen (secondary N) is 1. The first kappa shape index (κ1) is 21.2. The first-order valence-electron chi connectivity index (χ1n) is 10.9. The van der Waals surface area contributed by atoms with Gasteiger partial charge in [-0.05, 0) is 86.8 Å². The van der Waals surface area contributed by atoms with Gasteiger partial charge in [-0.2, -0.15) is 0 Å². The molecule has 0 fully saturated rings. The maximum Gasteiger partial charge on any atom is 0.260 e. The van der Waals surface area contributed by atoms with Gasteiger partial charge in [-0.25, -0.2) is 0 Å². The van der Waals surface area contributed by atoms with E-state index in [1.807, 2.05) is 31.2 Å². The van der Waals surface area contributed by atoms with Crippen molar-refractivity contribution in [1.29, 1.82) is 0 Å². The molecule has 4 nitrogen and oxygen atoms in total. The summed E-state index contributed by atoms with van der Waals surface area (Å²) in [5.41, 5.74) is 3.97. The van der Waals surface area contributed by atoms with E-state index in [1.54, 1.807) is 0 Å².